The molecule has 4 amide bonds. The van der Waals surface area contributed by atoms with Gasteiger partial charge in [0.15, 0.2) is 5.65 Å². The molecule has 54 heavy (non-hydrogen) atoms. The SMILES string of the molecule is O=C(N[C@H]1CCCCC/C=C\C2C[C@@]2(C(=O)NS(=O)(=O)C2CC2)NC(=O)[C@@H]2C[C@@H](Oc3nc4ncccc4c4ccccc34)CN2C1=O)c1ccncn1. The Morgan fingerprint density at radius 2 is 1.76 bits per heavy atom. The predicted molar refractivity (Wildman–Crippen MR) is 196 cm³/mol. The van der Waals surface area contributed by atoms with Crippen molar-refractivity contribution in [1.29, 1.82) is 0 Å². The van der Waals surface area contributed by atoms with Gasteiger partial charge in [-0.25, -0.2) is 23.4 Å². The highest BCUT2D eigenvalue weighted by molar-refractivity contribution is 7.91. The minimum absolute atomic E-state index is 0.0222. The van der Waals surface area contributed by atoms with Crippen LogP contribution >= 0.6 is 0 Å². The molecule has 3 aromatic heterocycles. The van der Waals surface area contributed by atoms with E-state index in [0.29, 0.717) is 43.6 Å². The number of sulfonamides is 1. The Bertz CT molecular complexity index is 2270. The summed E-state index contributed by atoms with van der Waals surface area (Å²) in [6.45, 7) is -0.0222. The molecule has 1 unspecified atom stereocenters. The van der Waals surface area contributed by atoms with Crippen molar-refractivity contribution in [1.82, 2.24) is 40.2 Å². The molecule has 280 valence electrons. The van der Waals surface area contributed by atoms with Gasteiger partial charge in [-0.05, 0) is 68.2 Å². The fourth-order valence-electron chi connectivity index (χ4n) is 7.51. The first-order chi connectivity index (χ1) is 26.1. The van der Waals surface area contributed by atoms with Crippen LogP contribution < -0.4 is 20.1 Å². The number of amides is 4. The lowest BCUT2D eigenvalue weighted by atomic mass is 10.0. The predicted octanol–water partition coefficient (Wildman–Crippen LogP) is 2.72. The van der Waals surface area contributed by atoms with Crippen LogP contribution in [-0.2, 0) is 24.4 Å². The lowest BCUT2D eigenvalue weighted by Gasteiger charge is -2.29. The third kappa shape index (κ3) is 7.09. The highest BCUT2D eigenvalue weighted by Gasteiger charge is 2.62. The minimum atomic E-state index is -3.90. The van der Waals surface area contributed by atoms with Crippen LogP contribution in [0.15, 0.2) is 73.3 Å². The van der Waals surface area contributed by atoms with Gasteiger partial charge in [0.2, 0.25) is 27.7 Å². The summed E-state index contributed by atoms with van der Waals surface area (Å²) in [5, 5.41) is 7.54. The van der Waals surface area contributed by atoms with Gasteiger partial charge in [-0.1, -0.05) is 43.2 Å². The second kappa shape index (κ2) is 14.4. The van der Waals surface area contributed by atoms with E-state index in [2.05, 4.69) is 30.3 Å². The maximum atomic E-state index is 14.6. The summed E-state index contributed by atoms with van der Waals surface area (Å²) < 4.78 is 34.5. The highest BCUT2D eigenvalue weighted by atomic mass is 32.2. The summed E-state index contributed by atoms with van der Waals surface area (Å²) in [6.07, 6.45) is 11.8. The van der Waals surface area contributed by atoms with E-state index in [0.717, 1.165) is 29.0 Å². The number of allylic oxidation sites excluding steroid dienone is 1. The van der Waals surface area contributed by atoms with Crippen molar-refractivity contribution in [2.45, 2.75) is 86.8 Å². The Morgan fingerprint density at radius 1 is 0.944 bits per heavy atom. The topological polar surface area (TPSA) is 203 Å². The summed E-state index contributed by atoms with van der Waals surface area (Å²) in [4.78, 5) is 74.5. The lowest BCUT2D eigenvalue weighted by Crippen LogP contribution is -2.58. The smallest absolute Gasteiger partial charge is 0.270 e. The van der Waals surface area contributed by atoms with Crippen LogP contribution in [-0.4, -0.2) is 92.4 Å². The average Bonchev–Trinajstić information content (AvgIpc) is 4.11. The van der Waals surface area contributed by atoms with E-state index in [9.17, 15) is 27.6 Å². The molecule has 1 saturated heterocycles. The zero-order valence-corrected chi connectivity index (χ0v) is 30.2. The van der Waals surface area contributed by atoms with Gasteiger partial charge in [0, 0.05) is 35.5 Å². The molecule has 15 nitrogen and oxygen atoms in total. The van der Waals surface area contributed by atoms with Crippen molar-refractivity contribution in [3.05, 3.63) is 79.0 Å². The minimum Gasteiger partial charge on any atom is -0.472 e. The first kappa shape index (κ1) is 35.5. The molecule has 0 bridgehead atoms. The number of ether oxygens (including phenoxy) is 1. The molecular weight excluding hydrogens is 713 g/mol. The molecule has 5 heterocycles. The fraction of sp³-hybridized carbons (Fsp3) is 0.421. The van der Waals surface area contributed by atoms with E-state index in [1.165, 1.54) is 23.5 Å². The third-order valence-corrected chi connectivity index (χ3v) is 12.5. The van der Waals surface area contributed by atoms with Gasteiger partial charge >= 0.3 is 0 Å². The van der Waals surface area contributed by atoms with E-state index in [1.807, 2.05) is 48.6 Å². The average molecular weight is 753 g/mol. The van der Waals surface area contributed by atoms with Gasteiger partial charge < -0.3 is 20.3 Å². The quantitative estimate of drug-likeness (QED) is 0.185. The monoisotopic (exact) mass is 752 g/mol. The van der Waals surface area contributed by atoms with Crippen LogP contribution in [0.4, 0.5) is 0 Å². The van der Waals surface area contributed by atoms with Crippen LogP contribution in [0.3, 0.4) is 0 Å². The van der Waals surface area contributed by atoms with Gasteiger partial charge in [0.05, 0.1) is 11.8 Å². The number of carbonyl (C=O) groups excluding carboxylic acids is 4. The summed E-state index contributed by atoms with van der Waals surface area (Å²) >= 11 is 0. The normalized spacial score (nSPS) is 26.8. The Kier molecular flexibility index (Phi) is 9.46. The van der Waals surface area contributed by atoms with E-state index in [1.54, 1.807) is 6.20 Å². The molecule has 0 spiro atoms. The molecule has 4 aliphatic rings. The van der Waals surface area contributed by atoms with Crippen molar-refractivity contribution >= 4 is 55.5 Å². The Morgan fingerprint density at radius 3 is 2.56 bits per heavy atom. The van der Waals surface area contributed by atoms with Crippen LogP contribution in [0, 0.1) is 5.92 Å². The zero-order valence-electron chi connectivity index (χ0n) is 29.4. The van der Waals surface area contributed by atoms with E-state index < -0.39 is 68.5 Å². The number of fused-ring (bicyclic) bond motifs is 5. The van der Waals surface area contributed by atoms with Crippen molar-refractivity contribution in [2.75, 3.05) is 6.54 Å². The number of nitrogens with zero attached hydrogens (tertiary/aromatic N) is 5. The maximum absolute atomic E-state index is 14.6. The summed E-state index contributed by atoms with van der Waals surface area (Å²) in [5.41, 5.74) is -0.944. The van der Waals surface area contributed by atoms with Crippen molar-refractivity contribution in [3.8, 4) is 5.88 Å². The molecule has 3 N–H and O–H groups in total. The molecule has 4 aromatic rings. The molecule has 2 aliphatic carbocycles. The number of nitrogens with one attached hydrogen (secondary N) is 3. The van der Waals surface area contributed by atoms with E-state index in [-0.39, 0.29) is 25.1 Å². The Labute approximate surface area is 311 Å². The Hall–Kier alpha value is -5.51. The van der Waals surface area contributed by atoms with Crippen LogP contribution in [0.5, 0.6) is 5.88 Å². The van der Waals surface area contributed by atoms with Gasteiger partial charge in [-0.15, -0.1) is 0 Å². The van der Waals surface area contributed by atoms with E-state index >= 15 is 0 Å². The highest BCUT2D eigenvalue weighted by Crippen LogP contribution is 2.46. The number of pyridine rings is 2. The van der Waals surface area contributed by atoms with Crippen molar-refractivity contribution in [2.24, 2.45) is 5.92 Å². The van der Waals surface area contributed by atoms with Crippen molar-refractivity contribution < 1.29 is 32.3 Å². The molecule has 8 rings (SSSR count). The summed E-state index contributed by atoms with van der Waals surface area (Å²) in [5.74, 6) is -2.61. The van der Waals surface area contributed by atoms with Gasteiger partial charge in [-0.2, -0.15) is 4.98 Å². The number of benzene rings is 1. The van der Waals surface area contributed by atoms with Crippen LogP contribution in [0.1, 0.15) is 68.3 Å². The summed E-state index contributed by atoms with van der Waals surface area (Å²) in [7, 11) is -3.90. The summed E-state index contributed by atoms with van der Waals surface area (Å²) in [6, 6.07) is 10.7. The second-order valence-corrected chi connectivity index (χ2v) is 16.4. The number of aromatic nitrogens is 4. The van der Waals surface area contributed by atoms with Crippen LogP contribution in [0.25, 0.3) is 21.8 Å². The van der Waals surface area contributed by atoms with Crippen molar-refractivity contribution in [3.63, 3.8) is 0 Å². The maximum Gasteiger partial charge on any atom is 0.270 e. The molecular formula is C38H40N8O7S. The third-order valence-electron chi connectivity index (χ3n) is 10.7. The second-order valence-electron chi connectivity index (χ2n) is 14.5. The van der Waals surface area contributed by atoms with E-state index in [4.69, 9.17) is 9.72 Å². The first-order valence-electron chi connectivity index (χ1n) is 18.4. The zero-order chi connectivity index (χ0) is 37.5. The fourth-order valence-corrected chi connectivity index (χ4v) is 8.87. The molecule has 2 saturated carbocycles. The standard InChI is InChI=1S/C38H40N8O7S/c47-33(29-16-18-39-22-41-29)42-30-13-5-3-1-2-4-9-23-20-38(23,37(50)45-54(51,52)25-14-15-25)44-34(48)31-19-24(21-46(31)36(30)49)53-35-28-11-7-6-10-26(28)27-12-8-17-40-32(27)43-35/h4,6-12,16-18,22-25,30-31H,1-3,5,13-15,19-21H2,(H,42,47)(H,44,48)(H,45,50)/b9-4-/t23?,24-,30+,31+,38-/m1/s1. The molecule has 3 fully saturated rings. The molecule has 1 aromatic carbocycles. The number of rotatable bonds is 7. The van der Waals surface area contributed by atoms with Gasteiger partial charge in [0.25, 0.3) is 11.8 Å². The molecule has 0 radical (unpaired) electrons. The number of hydrogen-bond acceptors (Lipinski definition) is 11. The number of hydrogen-bond donors (Lipinski definition) is 3. The molecule has 5 atom stereocenters. The largest absolute Gasteiger partial charge is 0.472 e. The van der Waals surface area contributed by atoms with Gasteiger partial charge in [0.1, 0.15) is 35.7 Å². The first-order valence-corrected chi connectivity index (χ1v) is 19.9. The Balaban J connectivity index is 1.12. The van der Waals surface area contributed by atoms with Crippen LogP contribution in [0.2, 0.25) is 0 Å². The number of carbonyl (C=O) groups is 4. The van der Waals surface area contributed by atoms with Gasteiger partial charge in [-0.3, -0.25) is 23.9 Å². The molecule has 2 aliphatic heterocycles. The molecule has 16 heteroatoms. The lowest BCUT2D eigenvalue weighted by molar-refractivity contribution is -0.141.